The van der Waals surface area contributed by atoms with Crippen molar-refractivity contribution in [3.63, 3.8) is 0 Å². The molecule has 0 atom stereocenters. The largest absolute Gasteiger partial charge is 0.497 e. The maximum atomic E-state index is 12.6. The molecule has 0 fully saturated rings. The van der Waals surface area contributed by atoms with Gasteiger partial charge in [0.15, 0.2) is 11.0 Å². The minimum Gasteiger partial charge on any atom is -0.497 e. The Hall–Kier alpha value is -3.29. The van der Waals surface area contributed by atoms with E-state index in [1.807, 2.05) is 47.0 Å². The van der Waals surface area contributed by atoms with Crippen LogP contribution in [0.3, 0.4) is 0 Å². The molecule has 32 heavy (non-hydrogen) atoms. The number of thioether (sulfide) groups is 1. The second-order valence-corrected chi connectivity index (χ2v) is 8.28. The first-order chi connectivity index (χ1) is 15.6. The van der Waals surface area contributed by atoms with E-state index in [0.29, 0.717) is 16.4 Å². The van der Waals surface area contributed by atoms with E-state index in [1.54, 1.807) is 43.1 Å². The Morgan fingerprint density at radius 1 is 1.03 bits per heavy atom. The van der Waals surface area contributed by atoms with Crippen LogP contribution in [0.5, 0.6) is 5.75 Å². The van der Waals surface area contributed by atoms with Crippen molar-refractivity contribution in [1.29, 1.82) is 0 Å². The van der Waals surface area contributed by atoms with Crippen LogP contribution in [0.25, 0.3) is 5.69 Å². The van der Waals surface area contributed by atoms with Gasteiger partial charge in [-0.1, -0.05) is 59.8 Å². The zero-order valence-corrected chi connectivity index (χ0v) is 18.9. The zero-order valence-electron chi connectivity index (χ0n) is 17.4. The molecular weight excluding hydrogens is 444 g/mol. The van der Waals surface area contributed by atoms with Crippen molar-refractivity contribution in [1.82, 2.24) is 20.1 Å². The monoisotopic (exact) mass is 464 g/mol. The molecule has 0 radical (unpaired) electrons. The molecule has 4 rings (SSSR count). The molecule has 0 bridgehead atoms. The summed E-state index contributed by atoms with van der Waals surface area (Å²) in [5.74, 6) is 1.91. The number of nitrogens with zero attached hydrogens (tertiary/aromatic N) is 3. The summed E-state index contributed by atoms with van der Waals surface area (Å²) in [4.78, 5) is 12.6. The highest BCUT2D eigenvalue weighted by atomic mass is 35.5. The summed E-state index contributed by atoms with van der Waals surface area (Å²) in [5, 5.41) is 12.9. The van der Waals surface area contributed by atoms with Crippen LogP contribution >= 0.6 is 23.4 Å². The number of aromatic nitrogens is 3. The average molecular weight is 465 g/mol. The molecule has 0 saturated heterocycles. The van der Waals surface area contributed by atoms with Gasteiger partial charge in [0.05, 0.1) is 13.7 Å². The van der Waals surface area contributed by atoms with Crippen molar-refractivity contribution in [2.24, 2.45) is 0 Å². The minimum absolute atomic E-state index is 0.219. The van der Waals surface area contributed by atoms with Gasteiger partial charge in [0.25, 0.3) is 5.91 Å². The zero-order chi connectivity index (χ0) is 22.3. The van der Waals surface area contributed by atoms with Crippen LogP contribution in [-0.4, -0.2) is 27.8 Å². The first-order valence-electron chi connectivity index (χ1n) is 9.93. The van der Waals surface area contributed by atoms with Crippen molar-refractivity contribution >= 4 is 29.3 Å². The molecule has 1 amide bonds. The van der Waals surface area contributed by atoms with Crippen molar-refractivity contribution in [2.75, 3.05) is 7.11 Å². The highest BCUT2D eigenvalue weighted by molar-refractivity contribution is 7.98. The van der Waals surface area contributed by atoms with Crippen LogP contribution in [0, 0.1) is 0 Å². The molecule has 1 N–H and O–H groups in total. The maximum Gasteiger partial charge on any atom is 0.251 e. The maximum absolute atomic E-state index is 12.6. The number of hydrogen-bond acceptors (Lipinski definition) is 5. The van der Waals surface area contributed by atoms with Crippen LogP contribution in [0.1, 0.15) is 21.7 Å². The van der Waals surface area contributed by atoms with Gasteiger partial charge in [-0.2, -0.15) is 0 Å². The summed E-state index contributed by atoms with van der Waals surface area (Å²) in [7, 11) is 1.63. The molecule has 1 heterocycles. The van der Waals surface area contributed by atoms with Gasteiger partial charge in [-0.15, -0.1) is 10.2 Å². The van der Waals surface area contributed by atoms with Gasteiger partial charge in [0.1, 0.15) is 5.75 Å². The molecule has 0 saturated carbocycles. The molecule has 0 unspecified atom stereocenters. The van der Waals surface area contributed by atoms with E-state index < -0.39 is 0 Å². The van der Waals surface area contributed by atoms with Crippen LogP contribution in [0.4, 0.5) is 0 Å². The van der Waals surface area contributed by atoms with E-state index >= 15 is 0 Å². The van der Waals surface area contributed by atoms with Gasteiger partial charge < -0.3 is 10.1 Å². The molecule has 8 heteroatoms. The number of methoxy groups -OCH3 is 1. The number of benzene rings is 3. The Morgan fingerprint density at radius 3 is 2.53 bits per heavy atom. The third-order valence-electron chi connectivity index (χ3n) is 4.74. The van der Waals surface area contributed by atoms with E-state index in [4.69, 9.17) is 16.3 Å². The number of carbonyl (C=O) groups is 1. The van der Waals surface area contributed by atoms with Crippen LogP contribution in [0.2, 0.25) is 5.02 Å². The number of ether oxygens (including phenoxy) is 1. The Kier molecular flexibility index (Phi) is 7.09. The first-order valence-corrected chi connectivity index (χ1v) is 11.3. The third-order valence-corrected chi connectivity index (χ3v) is 5.97. The van der Waals surface area contributed by atoms with E-state index in [-0.39, 0.29) is 12.5 Å². The minimum atomic E-state index is -0.227. The number of carbonyl (C=O) groups excluding carboxylic acids is 1. The topological polar surface area (TPSA) is 69.0 Å². The van der Waals surface area contributed by atoms with Crippen LogP contribution in [-0.2, 0) is 12.3 Å². The Bertz CT molecular complexity index is 1200. The molecule has 0 aliphatic rings. The smallest absolute Gasteiger partial charge is 0.251 e. The number of nitrogens with one attached hydrogen (secondary N) is 1. The lowest BCUT2D eigenvalue weighted by atomic mass is 10.2. The van der Waals surface area contributed by atoms with Crippen molar-refractivity contribution in [2.45, 2.75) is 17.5 Å². The van der Waals surface area contributed by atoms with Gasteiger partial charge in [-0.3, -0.25) is 9.36 Å². The SMILES string of the molecule is COc1ccc(-n2c(CNC(=O)c3cccc(Cl)c3)nnc2SCc2ccccc2)cc1. The second kappa shape index (κ2) is 10.3. The highest BCUT2D eigenvalue weighted by Gasteiger charge is 2.16. The van der Waals surface area contributed by atoms with E-state index in [9.17, 15) is 4.79 Å². The predicted octanol–water partition coefficient (Wildman–Crippen LogP) is 5.15. The van der Waals surface area contributed by atoms with Crippen LogP contribution < -0.4 is 10.1 Å². The molecule has 1 aromatic heterocycles. The number of hydrogen-bond donors (Lipinski definition) is 1. The summed E-state index contributed by atoms with van der Waals surface area (Å²) in [6.45, 7) is 0.219. The van der Waals surface area contributed by atoms with E-state index in [2.05, 4.69) is 27.6 Å². The summed E-state index contributed by atoms with van der Waals surface area (Å²) < 4.78 is 7.23. The number of rotatable bonds is 8. The molecule has 3 aromatic carbocycles. The second-order valence-electron chi connectivity index (χ2n) is 6.90. The van der Waals surface area contributed by atoms with Gasteiger partial charge in [0, 0.05) is 22.0 Å². The molecule has 6 nitrogen and oxygen atoms in total. The summed E-state index contributed by atoms with van der Waals surface area (Å²) in [6, 6.07) is 24.7. The molecule has 162 valence electrons. The fraction of sp³-hybridized carbons (Fsp3) is 0.125. The molecule has 0 aliphatic carbocycles. The quantitative estimate of drug-likeness (QED) is 0.365. The Balaban J connectivity index is 1.57. The normalized spacial score (nSPS) is 10.7. The highest BCUT2D eigenvalue weighted by Crippen LogP contribution is 2.26. The molecule has 4 aromatic rings. The number of halogens is 1. The van der Waals surface area contributed by atoms with Crippen molar-refractivity contribution in [3.8, 4) is 11.4 Å². The fourth-order valence-corrected chi connectivity index (χ4v) is 4.23. The van der Waals surface area contributed by atoms with E-state index in [1.165, 1.54) is 5.56 Å². The summed E-state index contributed by atoms with van der Waals surface area (Å²) >= 11 is 7.59. The average Bonchev–Trinajstić information content (AvgIpc) is 3.24. The van der Waals surface area contributed by atoms with Crippen LogP contribution in [0.15, 0.2) is 84.0 Å². The predicted molar refractivity (Wildman–Crippen MR) is 127 cm³/mol. The van der Waals surface area contributed by atoms with Gasteiger partial charge in [-0.05, 0) is 48.0 Å². The van der Waals surface area contributed by atoms with Crippen molar-refractivity contribution in [3.05, 3.63) is 101 Å². The van der Waals surface area contributed by atoms with Gasteiger partial charge >= 0.3 is 0 Å². The molecule has 0 aliphatic heterocycles. The fourth-order valence-electron chi connectivity index (χ4n) is 3.11. The van der Waals surface area contributed by atoms with E-state index in [0.717, 1.165) is 22.3 Å². The molecular formula is C24H21ClN4O2S. The Labute approximate surface area is 195 Å². The lowest BCUT2D eigenvalue weighted by molar-refractivity contribution is 0.0949. The lowest BCUT2D eigenvalue weighted by Gasteiger charge is -2.12. The van der Waals surface area contributed by atoms with Crippen molar-refractivity contribution < 1.29 is 9.53 Å². The third kappa shape index (κ3) is 5.30. The molecule has 0 spiro atoms. The number of amides is 1. The van der Waals surface area contributed by atoms with Gasteiger partial charge in [0.2, 0.25) is 0 Å². The lowest BCUT2D eigenvalue weighted by Crippen LogP contribution is -2.24. The van der Waals surface area contributed by atoms with Gasteiger partial charge in [-0.25, -0.2) is 0 Å². The Morgan fingerprint density at radius 2 is 1.81 bits per heavy atom. The summed E-state index contributed by atoms with van der Waals surface area (Å²) in [5.41, 5.74) is 2.57. The summed E-state index contributed by atoms with van der Waals surface area (Å²) in [6.07, 6.45) is 0. The first kappa shape index (κ1) is 21.9. The standard InChI is InChI=1S/C24H21ClN4O2S/c1-31-21-12-10-20(11-13-21)29-22(15-26-23(30)18-8-5-9-19(25)14-18)27-28-24(29)32-16-17-6-3-2-4-7-17/h2-14H,15-16H2,1H3,(H,26,30).